The number of aryl methyl sites for hydroxylation is 1. The summed E-state index contributed by atoms with van der Waals surface area (Å²) in [7, 11) is 3.27. The number of nitrogens with zero attached hydrogens (tertiary/aromatic N) is 2. The zero-order valence-electron chi connectivity index (χ0n) is 13.0. The van der Waals surface area contributed by atoms with Gasteiger partial charge in [-0.15, -0.1) is 0 Å². The molecule has 1 heterocycles. The molecule has 0 spiro atoms. The van der Waals surface area contributed by atoms with Crippen LogP contribution in [-0.2, 0) is 0 Å². The van der Waals surface area contributed by atoms with E-state index in [1.807, 2.05) is 31.2 Å². The molecule has 1 saturated carbocycles. The smallest absolute Gasteiger partial charge is 0.142 e. The first-order valence-corrected chi connectivity index (χ1v) is 7.29. The van der Waals surface area contributed by atoms with Gasteiger partial charge in [-0.05, 0) is 31.9 Å². The maximum atomic E-state index is 5.37. The molecule has 2 aromatic rings. The van der Waals surface area contributed by atoms with Crippen molar-refractivity contribution in [1.29, 1.82) is 0 Å². The van der Waals surface area contributed by atoms with Crippen molar-refractivity contribution in [3.8, 4) is 11.5 Å². The van der Waals surface area contributed by atoms with Crippen LogP contribution in [0.25, 0.3) is 0 Å². The standard InChI is InChI=1S/C16H20N4O2/c1-10-17-15(19-11-4-5-11)9-16(18-10)20-13-8-12(21-2)6-7-14(13)22-3/h6-9,11H,4-5H2,1-3H3,(H2,17,18,19,20). The highest BCUT2D eigenvalue weighted by atomic mass is 16.5. The Bertz CT molecular complexity index is 671. The third-order valence-corrected chi connectivity index (χ3v) is 3.44. The van der Waals surface area contributed by atoms with Crippen LogP contribution in [0.2, 0.25) is 0 Å². The molecule has 0 atom stereocenters. The number of aromatic nitrogens is 2. The summed E-state index contributed by atoms with van der Waals surface area (Å²) in [5.41, 5.74) is 0.803. The highest BCUT2D eigenvalue weighted by Gasteiger charge is 2.21. The minimum atomic E-state index is 0.550. The van der Waals surface area contributed by atoms with Crippen molar-refractivity contribution < 1.29 is 9.47 Å². The topological polar surface area (TPSA) is 68.3 Å². The van der Waals surface area contributed by atoms with E-state index in [0.29, 0.717) is 6.04 Å². The van der Waals surface area contributed by atoms with Crippen LogP contribution in [0.4, 0.5) is 17.3 Å². The van der Waals surface area contributed by atoms with Crippen LogP contribution in [-0.4, -0.2) is 30.2 Å². The maximum absolute atomic E-state index is 5.37. The predicted molar refractivity (Wildman–Crippen MR) is 86.2 cm³/mol. The molecule has 116 valence electrons. The monoisotopic (exact) mass is 300 g/mol. The van der Waals surface area contributed by atoms with Crippen molar-refractivity contribution in [2.75, 3.05) is 24.9 Å². The second-order valence-corrected chi connectivity index (χ2v) is 5.30. The average molecular weight is 300 g/mol. The van der Waals surface area contributed by atoms with Gasteiger partial charge in [-0.25, -0.2) is 9.97 Å². The number of ether oxygens (including phenoxy) is 2. The fraction of sp³-hybridized carbons (Fsp3) is 0.375. The summed E-state index contributed by atoms with van der Waals surface area (Å²) >= 11 is 0. The van der Waals surface area contributed by atoms with Gasteiger partial charge in [0.2, 0.25) is 0 Å². The van der Waals surface area contributed by atoms with Gasteiger partial charge < -0.3 is 20.1 Å². The third-order valence-electron chi connectivity index (χ3n) is 3.44. The van der Waals surface area contributed by atoms with Gasteiger partial charge in [-0.1, -0.05) is 0 Å². The summed E-state index contributed by atoms with van der Waals surface area (Å²) in [6, 6.07) is 8.05. The van der Waals surface area contributed by atoms with Crippen molar-refractivity contribution in [3.05, 3.63) is 30.1 Å². The van der Waals surface area contributed by atoms with E-state index in [1.165, 1.54) is 12.8 Å². The summed E-state index contributed by atoms with van der Waals surface area (Å²) in [5, 5.41) is 6.66. The Labute approximate surface area is 129 Å². The van der Waals surface area contributed by atoms with E-state index < -0.39 is 0 Å². The molecule has 22 heavy (non-hydrogen) atoms. The molecule has 0 radical (unpaired) electrons. The molecule has 0 unspecified atom stereocenters. The molecular formula is C16H20N4O2. The van der Waals surface area contributed by atoms with Gasteiger partial charge in [0.1, 0.15) is 29.0 Å². The normalized spacial score (nSPS) is 13.6. The molecule has 0 bridgehead atoms. The number of hydrogen-bond acceptors (Lipinski definition) is 6. The van der Waals surface area contributed by atoms with E-state index in [0.717, 1.165) is 34.6 Å². The fourth-order valence-corrected chi connectivity index (χ4v) is 2.19. The van der Waals surface area contributed by atoms with Gasteiger partial charge in [0, 0.05) is 18.2 Å². The molecule has 6 nitrogen and oxygen atoms in total. The molecule has 1 fully saturated rings. The number of anilines is 3. The first kappa shape index (κ1) is 14.4. The van der Waals surface area contributed by atoms with Crippen LogP contribution < -0.4 is 20.1 Å². The minimum absolute atomic E-state index is 0.550. The van der Waals surface area contributed by atoms with Crippen LogP contribution in [0.1, 0.15) is 18.7 Å². The highest BCUT2D eigenvalue weighted by Crippen LogP contribution is 2.32. The summed E-state index contributed by atoms with van der Waals surface area (Å²) in [6.07, 6.45) is 2.41. The van der Waals surface area contributed by atoms with Crippen molar-refractivity contribution in [2.24, 2.45) is 0 Å². The molecule has 0 aliphatic heterocycles. The van der Waals surface area contributed by atoms with E-state index in [4.69, 9.17) is 9.47 Å². The second kappa shape index (κ2) is 6.09. The predicted octanol–water partition coefficient (Wildman–Crippen LogP) is 3.12. The van der Waals surface area contributed by atoms with Crippen LogP contribution in [0, 0.1) is 6.92 Å². The van der Waals surface area contributed by atoms with Crippen molar-refractivity contribution >= 4 is 17.3 Å². The average Bonchev–Trinajstić information content (AvgIpc) is 3.30. The Hall–Kier alpha value is -2.50. The summed E-state index contributed by atoms with van der Waals surface area (Å²) in [5.74, 6) is 3.77. The molecule has 0 saturated heterocycles. The molecule has 2 N–H and O–H groups in total. The molecule has 6 heteroatoms. The van der Waals surface area contributed by atoms with Crippen molar-refractivity contribution in [3.63, 3.8) is 0 Å². The van der Waals surface area contributed by atoms with Gasteiger partial charge >= 0.3 is 0 Å². The summed E-state index contributed by atoms with van der Waals surface area (Å²) in [6.45, 7) is 1.88. The summed E-state index contributed by atoms with van der Waals surface area (Å²) < 4.78 is 10.6. The highest BCUT2D eigenvalue weighted by molar-refractivity contribution is 5.67. The Morgan fingerprint density at radius 1 is 1.05 bits per heavy atom. The summed E-state index contributed by atoms with van der Waals surface area (Å²) in [4.78, 5) is 8.84. The first-order valence-electron chi connectivity index (χ1n) is 7.29. The van der Waals surface area contributed by atoms with E-state index in [-0.39, 0.29) is 0 Å². The van der Waals surface area contributed by atoms with Gasteiger partial charge in [0.05, 0.1) is 19.9 Å². The second-order valence-electron chi connectivity index (χ2n) is 5.30. The lowest BCUT2D eigenvalue weighted by Crippen LogP contribution is -2.06. The van der Waals surface area contributed by atoms with Crippen molar-refractivity contribution in [1.82, 2.24) is 9.97 Å². The van der Waals surface area contributed by atoms with Gasteiger partial charge in [-0.2, -0.15) is 0 Å². The third kappa shape index (κ3) is 3.39. The van der Waals surface area contributed by atoms with E-state index >= 15 is 0 Å². The SMILES string of the molecule is COc1ccc(OC)c(Nc2cc(NC3CC3)nc(C)n2)c1. The number of hydrogen-bond donors (Lipinski definition) is 2. The molecule has 1 aliphatic rings. The molecule has 1 aliphatic carbocycles. The van der Waals surface area contributed by atoms with Crippen LogP contribution in [0.15, 0.2) is 24.3 Å². The lowest BCUT2D eigenvalue weighted by atomic mass is 10.2. The minimum Gasteiger partial charge on any atom is -0.497 e. The Balaban J connectivity index is 1.86. The largest absolute Gasteiger partial charge is 0.497 e. The number of nitrogens with one attached hydrogen (secondary N) is 2. The molecule has 3 rings (SSSR count). The number of methoxy groups -OCH3 is 2. The Kier molecular flexibility index (Phi) is 4.00. The maximum Gasteiger partial charge on any atom is 0.142 e. The van der Waals surface area contributed by atoms with Crippen molar-refractivity contribution in [2.45, 2.75) is 25.8 Å². The van der Waals surface area contributed by atoms with E-state index in [1.54, 1.807) is 14.2 Å². The van der Waals surface area contributed by atoms with Crippen LogP contribution >= 0.6 is 0 Å². The zero-order chi connectivity index (χ0) is 15.5. The van der Waals surface area contributed by atoms with E-state index in [9.17, 15) is 0 Å². The number of benzene rings is 1. The molecular weight excluding hydrogens is 280 g/mol. The van der Waals surface area contributed by atoms with Gasteiger partial charge in [-0.3, -0.25) is 0 Å². The van der Waals surface area contributed by atoms with Gasteiger partial charge in [0.25, 0.3) is 0 Å². The fourth-order valence-electron chi connectivity index (χ4n) is 2.19. The Morgan fingerprint density at radius 3 is 2.50 bits per heavy atom. The number of rotatable bonds is 6. The molecule has 0 amide bonds. The van der Waals surface area contributed by atoms with Crippen LogP contribution in [0.5, 0.6) is 11.5 Å². The van der Waals surface area contributed by atoms with Crippen LogP contribution in [0.3, 0.4) is 0 Å². The zero-order valence-corrected chi connectivity index (χ0v) is 13.0. The molecule has 1 aromatic heterocycles. The Morgan fingerprint density at radius 2 is 1.82 bits per heavy atom. The quantitative estimate of drug-likeness (QED) is 0.854. The molecule has 1 aromatic carbocycles. The lowest BCUT2D eigenvalue weighted by Gasteiger charge is -2.13. The first-order chi connectivity index (χ1) is 10.7. The lowest BCUT2D eigenvalue weighted by molar-refractivity contribution is 0.405. The van der Waals surface area contributed by atoms with E-state index in [2.05, 4.69) is 20.6 Å². The van der Waals surface area contributed by atoms with Gasteiger partial charge in [0.15, 0.2) is 0 Å².